The first kappa shape index (κ1) is 14.8. The number of benzene rings is 2. The first-order valence-corrected chi connectivity index (χ1v) is 6.21. The molecule has 0 aromatic heterocycles. The molecule has 0 saturated carbocycles. The van der Waals surface area contributed by atoms with Crippen molar-refractivity contribution in [2.45, 2.75) is 0 Å². The third kappa shape index (κ3) is 4.17. The SMILES string of the molecule is COc1cccc(NCC(=O)Nc2ccc(F)cc2F)c1. The number of ether oxygens (including phenoxy) is 1. The Labute approximate surface area is 120 Å². The summed E-state index contributed by atoms with van der Waals surface area (Å²) < 4.78 is 31.2. The Morgan fingerprint density at radius 1 is 1.19 bits per heavy atom. The molecule has 0 aliphatic heterocycles. The molecule has 2 N–H and O–H groups in total. The molecule has 2 aromatic carbocycles. The summed E-state index contributed by atoms with van der Waals surface area (Å²) in [4.78, 5) is 11.7. The zero-order valence-corrected chi connectivity index (χ0v) is 11.3. The van der Waals surface area contributed by atoms with E-state index in [-0.39, 0.29) is 12.2 Å². The largest absolute Gasteiger partial charge is 0.497 e. The van der Waals surface area contributed by atoms with Crippen molar-refractivity contribution >= 4 is 17.3 Å². The standard InChI is InChI=1S/C15H14F2N2O2/c1-21-12-4-2-3-11(8-12)18-9-15(20)19-14-6-5-10(16)7-13(14)17/h2-8,18H,9H2,1H3,(H,19,20). The maximum absolute atomic E-state index is 13.4. The second kappa shape index (κ2) is 6.69. The van der Waals surface area contributed by atoms with Crippen molar-refractivity contribution in [2.24, 2.45) is 0 Å². The fourth-order valence-electron chi connectivity index (χ4n) is 1.70. The lowest BCUT2D eigenvalue weighted by atomic mass is 10.3. The third-order valence-corrected chi connectivity index (χ3v) is 2.73. The van der Waals surface area contributed by atoms with E-state index in [0.717, 1.165) is 6.07 Å². The van der Waals surface area contributed by atoms with Gasteiger partial charge in [0, 0.05) is 17.8 Å². The molecule has 0 radical (unpaired) electrons. The number of carbonyl (C=O) groups is 1. The first-order valence-electron chi connectivity index (χ1n) is 6.21. The van der Waals surface area contributed by atoms with E-state index in [9.17, 15) is 13.6 Å². The summed E-state index contributed by atoms with van der Waals surface area (Å²) in [5, 5.41) is 5.24. The van der Waals surface area contributed by atoms with Crippen molar-refractivity contribution in [2.75, 3.05) is 24.3 Å². The number of halogens is 2. The minimum Gasteiger partial charge on any atom is -0.497 e. The van der Waals surface area contributed by atoms with Gasteiger partial charge in [-0.25, -0.2) is 8.78 Å². The lowest BCUT2D eigenvalue weighted by Gasteiger charge is -2.09. The van der Waals surface area contributed by atoms with Gasteiger partial charge in [0.1, 0.15) is 17.4 Å². The van der Waals surface area contributed by atoms with Crippen LogP contribution in [0.4, 0.5) is 20.2 Å². The van der Waals surface area contributed by atoms with Crippen LogP contribution in [0, 0.1) is 11.6 Å². The summed E-state index contributed by atoms with van der Waals surface area (Å²) in [6.07, 6.45) is 0. The first-order chi connectivity index (χ1) is 10.1. The molecular formula is C15H14F2N2O2. The summed E-state index contributed by atoms with van der Waals surface area (Å²) in [6.45, 7) is -0.0516. The van der Waals surface area contributed by atoms with Gasteiger partial charge in [-0.05, 0) is 24.3 Å². The highest BCUT2D eigenvalue weighted by atomic mass is 19.1. The van der Waals surface area contributed by atoms with Crippen molar-refractivity contribution in [3.8, 4) is 5.75 Å². The lowest BCUT2D eigenvalue weighted by molar-refractivity contribution is -0.114. The van der Waals surface area contributed by atoms with Crippen LogP contribution in [0.5, 0.6) is 5.75 Å². The molecule has 0 heterocycles. The Morgan fingerprint density at radius 2 is 2.00 bits per heavy atom. The molecule has 0 spiro atoms. The van der Waals surface area contributed by atoms with E-state index in [1.165, 1.54) is 6.07 Å². The normalized spacial score (nSPS) is 10.0. The van der Waals surface area contributed by atoms with E-state index in [2.05, 4.69) is 10.6 Å². The highest BCUT2D eigenvalue weighted by molar-refractivity contribution is 5.93. The van der Waals surface area contributed by atoms with Crippen LogP contribution in [0.1, 0.15) is 0 Å². The maximum atomic E-state index is 13.4. The summed E-state index contributed by atoms with van der Waals surface area (Å²) in [6, 6.07) is 10.0. The Kier molecular flexibility index (Phi) is 4.71. The van der Waals surface area contributed by atoms with E-state index >= 15 is 0 Å². The Balaban J connectivity index is 1.92. The number of nitrogens with one attached hydrogen (secondary N) is 2. The second-order valence-electron chi connectivity index (χ2n) is 4.26. The van der Waals surface area contributed by atoms with Crippen molar-refractivity contribution in [1.29, 1.82) is 0 Å². The monoisotopic (exact) mass is 292 g/mol. The van der Waals surface area contributed by atoms with Gasteiger partial charge in [0.25, 0.3) is 0 Å². The van der Waals surface area contributed by atoms with Gasteiger partial charge in [0.2, 0.25) is 5.91 Å². The van der Waals surface area contributed by atoms with Crippen LogP contribution in [-0.4, -0.2) is 19.6 Å². The molecule has 0 aliphatic carbocycles. The summed E-state index contributed by atoms with van der Waals surface area (Å²) >= 11 is 0. The van der Waals surface area contributed by atoms with Crippen LogP contribution in [0.25, 0.3) is 0 Å². The summed E-state index contributed by atoms with van der Waals surface area (Å²) in [5.41, 5.74) is 0.637. The number of hydrogen-bond donors (Lipinski definition) is 2. The molecule has 6 heteroatoms. The Bertz CT molecular complexity index is 647. The molecule has 1 amide bonds. The number of amides is 1. The fourth-order valence-corrected chi connectivity index (χ4v) is 1.70. The molecule has 0 aliphatic rings. The van der Waals surface area contributed by atoms with Gasteiger partial charge in [-0.3, -0.25) is 4.79 Å². The van der Waals surface area contributed by atoms with E-state index in [0.29, 0.717) is 17.5 Å². The molecule has 21 heavy (non-hydrogen) atoms. The smallest absolute Gasteiger partial charge is 0.243 e. The van der Waals surface area contributed by atoms with Crippen LogP contribution in [0.15, 0.2) is 42.5 Å². The number of rotatable bonds is 5. The molecule has 110 valence electrons. The molecule has 0 atom stereocenters. The van der Waals surface area contributed by atoms with E-state index in [4.69, 9.17) is 4.74 Å². The van der Waals surface area contributed by atoms with Crippen LogP contribution >= 0.6 is 0 Å². The fraction of sp³-hybridized carbons (Fsp3) is 0.133. The van der Waals surface area contributed by atoms with E-state index in [1.54, 1.807) is 31.4 Å². The van der Waals surface area contributed by atoms with Gasteiger partial charge >= 0.3 is 0 Å². The van der Waals surface area contributed by atoms with Gasteiger partial charge in [0.05, 0.1) is 19.3 Å². The van der Waals surface area contributed by atoms with Crippen molar-refractivity contribution in [1.82, 2.24) is 0 Å². The van der Waals surface area contributed by atoms with Gasteiger partial charge in [-0.2, -0.15) is 0 Å². The van der Waals surface area contributed by atoms with Crippen LogP contribution in [0.3, 0.4) is 0 Å². The van der Waals surface area contributed by atoms with Gasteiger partial charge in [0.15, 0.2) is 0 Å². The minimum absolute atomic E-state index is 0.0516. The Morgan fingerprint density at radius 3 is 2.71 bits per heavy atom. The van der Waals surface area contributed by atoms with Crippen molar-refractivity contribution < 1.29 is 18.3 Å². The second-order valence-corrected chi connectivity index (χ2v) is 4.26. The van der Waals surface area contributed by atoms with Crippen LogP contribution in [0.2, 0.25) is 0 Å². The predicted octanol–water partition coefficient (Wildman–Crippen LogP) is 3.02. The van der Waals surface area contributed by atoms with Gasteiger partial charge in [-0.15, -0.1) is 0 Å². The average Bonchev–Trinajstić information content (AvgIpc) is 2.48. The number of carbonyl (C=O) groups excluding carboxylic acids is 1. The van der Waals surface area contributed by atoms with E-state index < -0.39 is 17.5 Å². The molecule has 2 rings (SSSR count). The highest BCUT2D eigenvalue weighted by Crippen LogP contribution is 2.17. The van der Waals surface area contributed by atoms with Gasteiger partial charge < -0.3 is 15.4 Å². The summed E-state index contributed by atoms with van der Waals surface area (Å²) in [7, 11) is 1.54. The van der Waals surface area contributed by atoms with Gasteiger partial charge in [-0.1, -0.05) is 6.07 Å². The Hall–Kier alpha value is -2.63. The maximum Gasteiger partial charge on any atom is 0.243 e. The lowest BCUT2D eigenvalue weighted by Crippen LogP contribution is -2.22. The summed E-state index contributed by atoms with van der Waals surface area (Å²) in [5.74, 6) is -1.29. The average molecular weight is 292 g/mol. The topological polar surface area (TPSA) is 50.4 Å². The van der Waals surface area contributed by atoms with E-state index in [1.807, 2.05) is 0 Å². The molecule has 0 bridgehead atoms. The highest BCUT2D eigenvalue weighted by Gasteiger charge is 2.08. The molecular weight excluding hydrogens is 278 g/mol. The number of methoxy groups -OCH3 is 1. The predicted molar refractivity (Wildman–Crippen MR) is 76.5 cm³/mol. The van der Waals surface area contributed by atoms with Crippen LogP contribution in [-0.2, 0) is 4.79 Å². The number of hydrogen-bond acceptors (Lipinski definition) is 3. The zero-order chi connectivity index (χ0) is 15.2. The molecule has 4 nitrogen and oxygen atoms in total. The van der Waals surface area contributed by atoms with Crippen molar-refractivity contribution in [3.63, 3.8) is 0 Å². The minimum atomic E-state index is -0.815. The zero-order valence-electron chi connectivity index (χ0n) is 11.3. The third-order valence-electron chi connectivity index (χ3n) is 2.73. The molecule has 0 saturated heterocycles. The molecule has 0 fully saturated rings. The molecule has 2 aromatic rings. The van der Waals surface area contributed by atoms with Crippen LogP contribution < -0.4 is 15.4 Å². The van der Waals surface area contributed by atoms with Crippen molar-refractivity contribution in [3.05, 3.63) is 54.1 Å². The quantitative estimate of drug-likeness (QED) is 0.890. The number of anilines is 2. The molecule has 0 unspecified atom stereocenters.